The Morgan fingerprint density at radius 2 is 1.64 bits per heavy atom. The van der Waals surface area contributed by atoms with E-state index in [1.807, 2.05) is 30.3 Å². The van der Waals surface area contributed by atoms with Crippen LogP contribution in [0.2, 0.25) is 0 Å². The quantitative estimate of drug-likeness (QED) is 0.481. The van der Waals surface area contributed by atoms with Gasteiger partial charge < -0.3 is 10.6 Å². The fraction of sp³-hybridized carbons (Fsp3) is 0.125. The summed E-state index contributed by atoms with van der Waals surface area (Å²) in [5.41, 5.74) is 3.63. The van der Waals surface area contributed by atoms with E-state index in [-0.39, 0.29) is 12.5 Å². The molecule has 2 rings (SSSR count). The van der Waals surface area contributed by atoms with Gasteiger partial charge in [-0.2, -0.15) is 0 Å². The van der Waals surface area contributed by atoms with Crippen LogP contribution >= 0.6 is 0 Å². The van der Waals surface area contributed by atoms with Gasteiger partial charge >= 0.3 is 0 Å². The highest BCUT2D eigenvalue weighted by Crippen LogP contribution is 2.05. The van der Waals surface area contributed by atoms with E-state index in [0.29, 0.717) is 12.1 Å². The first-order valence-corrected chi connectivity index (χ1v) is 6.78. The highest BCUT2D eigenvalue weighted by atomic mass is 16.5. The monoisotopic (exact) mass is 299 g/mol. The predicted octanol–water partition coefficient (Wildman–Crippen LogP) is 1.53. The van der Waals surface area contributed by atoms with Crippen molar-refractivity contribution >= 4 is 17.5 Å². The van der Waals surface area contributed by atoms with E-state index in [2.05, 4.69) is 10.6 Å². The molecule has 6 nitrogen and oxygen atoms in total. The van der Waals surface area contributed by atoms with E-state index in [1.165, 1.54) is 0 Å². The minimum Gasteiger partial charge on any atom is -0.325 e. The van der Waals surface area contributed by atoms with E-state index >= 15 is 0 Å². The van der Waals surface area contributed by atoms with Gasteiger partial charge in [-0.3, -0.25) is 14.8 Å². The molecule has 0 atom stereocenters. The van der Waals surface area contributed by atoms with Crippen molar-refractivity contribution in [2.24, 2.45) is 0 Å². The van der Waals surface area contributed by atoms with Crippen LogP contribution in [0, 0.1) is 0 Å². The Kier molecular flexibility index (Phi) is 5.65. The molecule has 4 N–H and O–H groups in total. The molecule has 0 aromatic heterocycles. The third-order valence-corrected chi connectivity index (χ3v) is 2.99. The molecule has 0 saturated heterocycles. The summed E-state index contributed by atoms with van der Waals surface area (Å²) in [5.74, 6) is -0.677. The zero-order valence-corrected chi connectivity index (χ0v) is 11.9. The highest BCUT2D eigenvalue weighted by molar-refractivity contribution is 5.93. The van der Waals surface area contributed by atoms with Gasteiger partial charge in [0.15, 0.2) is 0 Å². The Labute approximate surface area is 128 Å². The lowest BCUT2D eigenvalue weighted by Crippen LogP contribution is -2.27. The number of hydrogen-bond acceptors (Lipinski definition) is 4. The molecule has 2 aromatic carbocycles. The third kappa shape index (κ3) is 4.69. The molecule has 0 unspecified atom stereocenters. The standard InChI is InChI=1S/C16H17N3O3/c20-15(18-14-4-2-1-3-5-14)11-17-10-12-6-8-13(9-7-12)16(21)19-22/h1-9,17,22H,10-11H2,(H,18,20)(H,19,21). The molecule has 2 amide bonds. The second-order valence-electron chi connectivity index (χ2n) is 4.66. The van der Waals surface area contributed by atoms with Crippen molar-refractivity contribution in [1.29, 1.82) is 0 Å². The van der Waals surface area contributed by atoms with E-state index in [4.69, 9.17) is 5.21 Å². The van der Waals surface area contributed by atoms with Crippen molar-refractivity contribution in [1.82, 2.24) is 10.8 Å². The molecule has 2 aromatic rings. The van der Waals surface area contributed by atoms with E-state index in [9.17, 15) is 9.59 Å². The number of para-hydroxylation sites is 1. The topological polar surface area (TPSA) is 90.5 Å². The van der Waals surface area contributed by atoms with Crippen molar-refractivity contribution in [3.05, 3.63) is 65.7 Å². The number of benzene rings is 2. The number of carbonyl (C=O) groups is 2. The highest BCUT2D eigenvalue weighted by Gasteiger charge is 2.04. The first kappa shape index (κ1) is 15.7. The summed E-state index contributed by atoms with van der Waals surface area (Å²) in [5, 5.41) is 14.3. The van der Waals surface area contributed by atoms with Crippen LogP contribution in [0.5, 0.6) is 0 Å². The maximum absolute atomic E-state index is 11.7. The van der Waals surface area contributed by atoms with E-state index < -0.39 is 5.91 Å². The van der Waals surface area contributed by atoms with Gasteiger partial charge in [-0.15, -0.1) is 0 Å². The van der Waals surface area contributed by atoms with Gasteiger partial charge in [-0.05, 0) is 29.8 Å². The molecule has 0 saturated carbocycles. The molecule has 0 spiro atoms. The summed E-state index contributed by atoms with van der Waals surface area (Å²) in [6.07, 6.45) is 0. The van der Waals surface area contributed by atoms with Crippen molar-refractivity contribution < 1.29 is 14.8 Å². The summed E-state index contributed by atoms with van der Waals surface area (Å²) in [6, 6.07) is 16.0. The maximum atomic E-state index is 11.7. The van der Waals surface area contributed by atoms with E-state index in [1.54, 1.807) is 29.7 Å². The SMILES string of the molecule is O=C(CNCc1ccc(C(=O)NO)cc1)Nc1ccccc1. The van der Waals surface area contributed by atoms with Gasteiger partial charge in [0.1, 0.15) is 0 Å². The summed E-state index contributed by atoms with van der Waals surface area (Å²) in [6.45, 7) is 0.691. The molecule has 0 heterocycles. The molecule has 0 aliphatic heterocycles. The van der Waals surface area contributed by atoms with Crippen molar-refractivity contribution in [2.45, 2.75) is 6.54 Å². The second-order valence-corrected chi connectivity index (χ2v) is 4.66. The van der Waals surface area contributed by atoms with Crippen molar-refractivity contribution in [3.8, 4) is 0 Å². The lowest BCUT2D eigenvalue weighted by atomic mass is 10.1. The average Bonchev–Trinajstić information content (AvgIpc) is 2.55. The zero-order valence-electron chi connectivity index (χ0n) is 11.9. The fourth-order valence-corrected chi connectivity index (χ4v) is 1.89. The predicted molar refractivity (Wildman–Crippen MR) is 82.5 cm³/mol. The molecule has 0 radical (unpaired) electrons. The van der Waals surface area contributed by atoms with Crippen LogP contribution in [0.3, 0.4) is 0 Å². The van der Waals surface area contributed by atoms with Gasteiger partial charge in [0.25, 0.3) is 5.91 Å². The number of carbonyl (C=O) groups excluding carboxylic acids is 2. The molecular weight excluding hydrogens is 282 g/mol. The molecule has 6 heteroatoms. The Bertz CT molecular complexity index is 627. The molecule has 0 bridgehead atoms. The molecule has 114 valence electrons. The smallest absolute Gasteiger partial charge is 0.274 e. The average molecular weight is 299 g/mol. The van der Waals surface area contributed by atoms with Crippen molar-refractivity contribution in [3.63, 3.8) is 0 Å². The van der Waals surface area contributed by atoms with Gasteiger partial charge in [0.05, 0.1) is 6.54 Å². The molecular formula is C16H17N3O3. The summed E-state index contributed by atoms with van der Waals surface area (Å²) >= 11 is 0. The zero-order chi connectivity index (χ0) is 15.8. The lowest BCUT2D eigenvalue weighted by molar-refractivity contribution is -0.115. The first-order chi connectivity index (χ1) is 10.7. The maximum Gasteiger partial charge on any atom is 0.274 e. The van der Waals surface area contributed by atoms with Crippen LogP contribution in [-0.4, -0.2) is 23.6 Å². The van der Waals surface area contributed by atoms with Crippen LogP contribution in [0.4, 0.5) is 5.69 Å². The Balaban J connectivity index is 1.76. The van der Waals surface area contributed by atoms with Gasteiger partial charge in [-0.1, -0.05) is 30.3 Å². The largest absolute Gasteiger partial charge is 0.325 e. The third-order valence-electron chi connectivity index (χ3n) is 2.99. The molecule has 22 heavy (non-hydrogen) atoms. The normalized spacial score (nSPS) is 10.0. The molecule has 0 aliphatic carbocycles. The van der Waals surface area contributed by atoms with Crippen LogP contribution in [0.1, 0.15) is 15.9 Å². The fourth-order valence-electron chi connectivity index (χ4n) is 1.89. The number of rotatable bonds is 6. The number of hydroxylamine groups is 1. The Morgan fingerprint density at radius 3 is 2.27 bits per heavy atom. The van der Waals surface area contributed by atoms with Crippen molar-refractivity contribution in [2.75, 3.05) is 11.9 Å². The van der Waals surface area contributed by atoms with Crippen LogP contribution < -0.4 is 16.1 Å². The van der Waals surface area contributed by atoms with Crippen LogP contribution in [-0.2, 0) is 11.3 Å². The number of anilines is 1. The summed E-state index contributed by atoms with van der Waals surface area (Å²) < 4.78 is 0. The number of nitrogens with one attached hydrogen (secondary N) is 3. The van der Waals surface area contributed by atoms with E-state index in [0.717, 1.165) is 11.3 Å². The second kappa shape index (κ2) is 7.92. The Hall–Kier alpha value is -2.70. The van der Waals surface area contributed by atoms with Gasteiger partial charge in [0, 0.05) is 17.8 Å². The summed E-state index contributed by atoms with van der Waals surface area (Å²) in [4.78, 5) is 22.9. The first-order valence-electron chi connectivity index (χ1n) is 6.78. The minimum absolute atomic E-state index is 0.123. The van der Waals surface area contributed by atoms with Gasteiger partial charge in [-0.25, -0.2) is 5.48 Å². The number of hydrogen-bond donors (Lipinski definition) is 4. The van der Waals surface area contributed by atoms with Crippen LogP contribution in [0.15, 0.2) is 54.6 Å². The Morgan fingerprint density at radius 1 is 0.955 bits per heavy atom. The van der Waals surface area contributed by atoms with Gasteiger partial charge in [0.2, 0.25) is 5.91 Å². The van der Waals surface area contributed by atoms with Crippen LogP contribution in [0.25, 0.3) is 0 Å². The molecule has 0 aliphatic rings. The number of amides is 2. The summed E-state index contributed by atoms with van der Waals surface area (Å²) in [7, 11) is 0. The lowest BCUT2D eigenvalue weighted by Gasteiger charge is -2.07. The minimum atomic E-state index is -0.554. The molecule has 0 fully saturated rings.